The maximum atomic E-state index is 12.8. The van der Waals surface area contributed by atoms with Crippen molar-refractivity contribution in [3.05, 3.63) is 44.9 Å². The van der Waals surface area contributed by atoms with Crippen molar-refractivity contribution in [1.82, 2.24) is 9.88 Å². The van der Waals surface area contributed by atoms with Crippen LogP contribution in [0.15, 0.2) is 23.6 Å². The fourth-order valence-corrected chi connectivity index (χ4v) is 5.53. The second-order valence-electron chi connectivity index (χ2n) is 7.19. The Labute approximate surface area is 174 Å². The van der Waals surface area contributed by atoms with E-state index in [0.717, 1.165) is 37.2 Å². The van der Waals surface area contributed by atoms with Crippen LogP contribution in [0.1, 0.15) is 47.2 Å². The van der Waals surface area contributed by atoms with Crippen LogP contribution >= 0.6 is 22.9 Å². The summed E-state index contributed by atoms with van der Waals surface area (Å²) < 4.78 is 22.7. The number of piperidine rings is 1. The lowest BCUT2D eigenvalue weighted by molar-refractivity contribution is 0.0636. The van der Waals surface area contributed by atoms with Gasteiger partial charge in [0.25, 0.3) is 5.91 Å². The van der Waals surface area contributed by atoms with Gasteiger partial charge in [-0.3, -0.25) is 4.79 Å². The Bertz CT molecular complexity index is 959. The normalized spacial score (nSPS) is 17.5. The van der Waals surface area contributed by atoms with Crippen molar-refractivity contribution in [2.75, 3.05) is 18.1 Å². The Morgan fingerprint density at radius 2 is 2.18 bits per heavy atom. The molecule has 2 heterocycles. The number of hydrogen-bond acceptors (Lipinski definition) is 6. The monoisotopic (exact) mass is 441 g/mol. The van der Waals surface area contributed by atoms with Gasteiger partial charge in [0.1, 0.15) is 10.8 Å². The van der Waals surface area contributed by atoms with E-state index in [9.17, 15) is 13.2 Å². The van der Waals surface area contributed by atoms with Gasteiger partial charge in [-0.05, 0) is 44.4 Å². The van der Waals surface area contributed by atoms with E-state index in [1.165, 1.54) is 17.6 Å². The second kappa shape index (κ2) is 8.80. The van der Waals surface area contributed by atoms with Crippen molar-refractivity contribution in [3.63, 3.8) is 0 Å². The highest BCUT2D eigenvalue weighted by Gasteiger charge is 2.25. The molecular weight excluding hydrogens is 418 g/mol. The first-order valence-electron chi connectivity index (χ1n) is 9.18. The van der Waals surface area contributed by atoms with Gasteiger partial charge in [-0.2, -0.15) is 0 Å². The minimum Gasteiger partial charge on any atom is -0.379 e. The second-order valence-corrected chi connectivity index (χ2v) is 10.7. The Balaban J connectivity index is 1.63. The maximum absolute atomic E-state index is 12.8. The molecular formula is C19H24ClN3O3S2. The lowest BCUT2D eigenvalue weighted by atomic mass is 10.0. The number of benzene rings is 1. The number of likely N-dealkylation sites (tertiary alicyclic amines) is 1. The molecule has 1 aromatic heterocycles. The molecule has 1 atom stereocenters. The number of carbonyl (C=O) groups excluding carboxylic acids is 1. The summed E-state index contributed by atoms with van der Waals surface area (Å²) in [4.78, 5) is 19.0. The molecule has 28 heavy (non-hydrogen) atoms. The van der Waals surface area contributed by atoms with E-state index in [2.05, 4.69) is 17.2 Å². The largest absolute Gasteiger partial charge is 0.379 e. The van der Waals surface area contributed by atoms with Crippen LogP contribution in [0.2, 0.25) is 5.02 Å². The summed E-state index contributed by atoms with van der Waals surface area (Å²) >= 11 is 7.71. The number of nitrogens with one attached hydrogen (secondary N) is 1. The van der Waals surface area contributed by atoms with Crippen molar-refractivity contribution < 1.29 is 13.2 Å². The SMILES string of the molecule is CC1CCCCN1C(=O)c1ccc(NCc2csc(CS(C)(=O)=O)n2)cc1Cl. The lowest BCUT2D eigenvalue weighted by Crippen LogP contribution is -2.42. The minimum atomic E-state index is -3.09. The number of nitrogens with zero attached hydrogens (tertiary/aromatic N) is 2. The van der Waals surface area contributed by atoms with Crippen LogP contribution in [-0.2, 0) is 22.1 Å². The summed E-state index contributed by atoms with van der Waals surface area (Å²) in [5.41, 5.74) is 2.07. The number of anilines is 1. The van der Waals surface area contributed by atoms with E-state index in [-0.39, 0.29) is 17.7 Å². The zero-order chi connectivity index (χ0) is 20.3. The number of sulfone groups is 1. The smallest absolute Gasteiger partial charge is 0.255 e. The highest BCUT2D eigenvalue weighted by atomic mass is 35.5. The summed E-state index contributed by atoms with van der Waals surface area (Å²) in [6.07, 6.45) is 4.41. The molecule has 0 spiro atoms. The third-order valence-corrected chi connectivity index (χ3v) is 6.91. The quantitative estimate of drug-likeness (QED) is 0.733. The fraction of sp³-hybridized carbons (Fsp3) is 0.474. The van der Waals surface area contributed by atoms with E-state index >= 15 is 0 Å². The average Bonchev–Trinajstić information content (AvgIpc) is 3.05. The number of rotatable bonds is 6. The van der Waals surface area contributed by atoms with Gasteiger partial charge in [-0.25, -0.2) is 13.4 Å². The number of hydrogen-bond donors (Lipinski definition) is 1. The molecule has 1 N–H and O–H groups in total. The van der Waals surface area contributed by atoms with Gasteiger partial charge >= 0.3 is 0 Å². The molecule has 0 aliphatic carbocycles. The predicted molar refractivity (Wildman–Crippen MR) is 114 cm³/mol. The average molecular weight is 442 g/mol. The first-order valence-corrected chi connectivity index (χ1v) is 12.5. The summed E-state index contributed by atoms with van der Waals surface area (Å²) in [5.74, 6) is -0.0662. The maximum Gasteiger partial charge on any atom is 0.255 e. The number of thiazole rings is 1. The van der Waals surface area contributed by atoms with Crippen LogP contribution in [0, 0.1) is 0 Å². The van der Waals surface area contributed by atoms with Crippen molar-refractivity contribution >= 4 is 44.4 Å². The Hall–Kier alpha value is -1.64. The molecule has 1 aliphatic heterocycles. The Kier molecular flexibility index (Phi) is 6.62. The van der Waals surface area contributed by atoms with Crippen molar-refractivity contribution in [2.24, 2.45) is 0 Å². The molecule has 2 aromatic rings. The van der Waals surface area contributed by atoms with Crippen LogP contribution in [0.25, 0.3) is 0 Å². The van der Waals surface area contributed by atoms with Gasteiger partial charge in [0, 0.05) is 29.9 Å². The first-order chi connectivity index (χ1) is 13.2. The van der Waals surface area contributed by atoms with Crippen LogP contribution in [0.5, 0.6) is 0 Å². The van der Waals surface area contributed by atoms with E-state index in [1.807, 2.05) is 16.3 Å². The highest BCUT2D eigenvalue weighted by Crippen LogP contribution is 2.26. The molecule has 1 fully saturated rings. The predicted octanol–water partition coefficient (Wildman–Crippen LogP) is 3.97. The fourth-order valence-electron chi connectivity index (χ4n) is 3.27. The molecule has 152 valence electrons. The zero-order valence-electron chi connectivity index (χ0n) is 15.9. The van der Waals surface area contributed by atoms with Crippen molar-refractivity contribution in [1.29, 1.82) is 0 Å². The third kappa shape index (κ3) is 5.46. The summed E-state index contributed by atoms with van der Waals surface area (Å²) in [5, 5.41) is 6.05. The zero-order valence-corrected chi connectivity index (χ0v) is 18.3. The molecule has 1 unspecified atom stereocenters. The number of aromatic nitrogens is 1. The number of amides is 1. The van der Waals surface area contributed by atoms with E-state index in [4.69, 9.17) is 11.6 Å². The lowest BCUT2D eigenvalue weighted by Gasteiger charge is -2.33. The van der Waals surface area contributed by atoms with Crippen LogP contribution < -0.4 is 5.32 Å². The van der Waals surface area contributed by atoms with Crippen LogP contribution in [0.4, 0.5) is 5.69 Å². The Morgan fingerprint density at radius 3 is 2.86 bits per heavy atom. The Morgan fingerprint density at radius 1 is 1.39 bits per heavy atom. The molecule has 3 rings (SSSR count). The van der Waals surface area contributed by atoms with Crippen LogP contribution in [-0.4, -0.2) is 43.1 Å². The molecule has 1 aliphatic rings. The van der Waals surface area contributed by atoms with Gasteiger partial charge in [0.05, 0.1) is 22.8 Å². The molecule has 0 radical (unpaired) electrons. The van der Waals surface area contributed by atoms with Gasteiger partial charge in [0.2, 0.25) is 0 Å². The van der Waals surface area contributed by atoms with Crippen molar-refractivity contribution in [3.8, 4) is 0 Å². The number of carbonyl (C=O) groups is 1. The molecule has 9 heteroatoms. The van der Waals surface area contributed by atoms with Gasteiger partial charge in [-0.15, -0.1) is 11.3 Å². The topological polar surface area (TPSA) is 79.4 Å². The molecule has 0 bridgehead atoms. The first kappa shape index (κ1) is 21.1. The van der Waals surface area contributed by atoms with Gasteiger partial charge in [-0.1, -0.05) is 11.6 Å². The molecule has 6 nitrogen and oxygen atoms in total. The van der Waals surface area contributed by atoms with Crippen molar-refractivity contribution in [2.45, 2.75) is 44.5 Å². The van der Waals surface area contributed by atoms with E-state index in [0.29, 0.717) is 22.1 Å². The summed E-state index contributed by atoms with van der Waals surface area (Å²) in [6, 6.07) is 5.57. The molecule has 1 saturated heterocycles. The minimum absolute atomic E-state index is 0.0198. The van der Waals surface area contributed by atoms with Crippen LogP contribution in [0.3, 0.4) is 0 Å². The van der Waals surface area contributed by atoms with Gasteiger partial charge < -0.3 is 10.2 Å². The highest BCUT2D eigenvalue weighted by molar-refractivity contribution is 7.90. The molecule has 0 saturated carbocycles. The standard InChI is InChI=1S/C19H24ClN3O3S2/c1-13-5-3-4-8-23(13)19(24)16-7-6-14(9-17(16)20)21-10-15-11-27-18(22-15)12-28(2,25)26/h6-7,9,11,13,21H,3-5,8,10,12H2,1-2H3. The molecule has 1 aromatic carbocycles. The number of halogens is 1. The van der Waals surface area contributed by atoms with Gasteiger partial charge in [0.15, 0.2) is 9.84 Å². The third-order valence-electron chi connectivity index (χ3n) is 4.72. The van der Waals surface area contributed by atoms with E-state index < -0.39 is 9.84 Å². The summed E-state index contributed by atoms with van der Waals surface area (Å²) in [6.45, 7) is 3.30. The summed E-state index contributed by atoms with van der Waals surface area (Å²) in [7, 11) is -3.09. The van der Waals surface area contributed by atoms with E-state index in [1.54, 1.807) is 12.1 Å². The molecule has 1 amide bonds.